The van der Waals surface area contributed by atoms with Crippen molar-refractivity contribution >= 4 is 5.82 Å². The van der Waals surface area contributed by atoms with Gasteiger partial charge in [0.25, 0.3) is 5.89 Å². The third-order valence-electron chi connectivity index (χ3n) is 3.88. The van der Waals surface area contributed by atoms with Crippen molar-refractivity contribution in [2.24, 2.45) is 0 Å². The van der Waals surface area contributed by atoms with Crippen molar-refractivity contribution in [1.29, 1.82) is 0 Å². The molecule has 7 heteroatoms. The number of hydrogen-bond acceptors (Lipinski definition) is 7. The number of benzene rings is 1. The largest absolute Gasteiger partial charge is 0.497 e. The number of aromatic nitrogens is 4. The molecule has 0 radical (unpaired) electrons. The molecule has 0 aliphatic carbocycles. The zero-order valence-electron chi connectivity index (χ0n) is 14.6. The molecule has 0 saturated carbocycles. The van der Waals surface area contributed by atoms with Crippen LogP contribution in [0.25, 0.3) is 23.0 Å². The Bertz CT molecular complexity index is 799. The van der Waals surface area contributed by atoms with Crippen molar-refractivity contribution in [3.05, 3.63) is 36.4 Å². The van der Waals surface area contributed by atoms with Gasteiger partial charge in [0.2, 0.25) is 5.82 Å². The van der Waals surface area contributed by atoms with Gasteiger partial charge in [-0.3, -0.25) is 0 Å². The number of anilines is 1. The lowest BCUT2D eigenvalue weighted by Gasteiger charge is -2.16. The molecule has 3 aromatic rings. The minimum Gasteiger partial charge on any atom is -0.497 e. The molecule has 0 aliphatic rings. The molecule has 1 aromatic carbocycles. The number of methoxy groups -OCH3 is 1. The Hall–Kier alpha value is -2.96. The minimum absolute atomic E-state index is 0.348. The molecule has 0 aliphatic heterocycles. The lowest BCUT2D eigenvalue weighted by atomic mass is 10.2. The van der Waals surface area contributed by atoms with Crippen LogP contribution in [-0.2, 0) is 0 Å². The third kappa shape index (κ3) is 3.93. The van der Waals surface area contributed by atoms with E-state index in [1.165, 1.54) is 0 Å². The van der Waals surface area contributed by atoms with Crippen LogP contribution in [-0.4, -0.2) is 41.0 Å². The molecule has 0 N–H and O–H groups in total. The fraction of sp³-hybridized carbons (Fsp3) is 0.333. The molecule has 0 unspecified atom stereocenters. The van der Waals surface area contributed by atoms with Gasteiger partial charge in [0.05, 0.1) is 7.11 Å². The number of rotatable bonds is 7. The SMILES string of the molecule is CCCCN(C)c1ccc(-c2nc(-c3ccc(OC)cc3)no2)nn1. The summed E-state index contributed by atoms with van der Waals surface area (Å²) in [6.45, 7) is 3.12. The van der Waals surface area contributed by atoms with E-state index in [0.29, 0.717) is 17.4 Å². The van der Waals surface area contributed by atoms with Crippen molar-refractivity contribution in [2.75, 3.05) is 25.6 Å². The van der Waals surface area contributed by atoms with Gasteiger partial charge >= 0.3 is 0 Å². The summed E-state index contributed by atoms with van der Waals surface area (Å²) in [5.74, 6) is 2.46. The molecule has 25 heavy (non-hydrogen) atoms. The third-order valence-corrected chi connectivity index (χ3v) is 3.88. The molecule has 0 saturated heterocycles. The van der Waals surface area contributed by atoms with Crippen molar-refractivity contribution in [3.8, 4) is 28.7 Å². The maximum Gasteiger partial charge on any atom is 0.278 e. The van der Waals surface area contributed by atoms with Crippen LogP contribution in [0.15, 0.2) is 40.9 Å². The second-order valence-electron chi connectivity index (χ2n) is 5.70. The molecular weight excluding hydrogens is 318 g/mol. The minimum atomic E-state index is 0.348. The molecule has 130 valence electrons. The van der Waals surface area contributed by atoms with Crippen molar-refractivity contribution in [1.82, 2.24) is 20.3 Å². The van der Waals surface area contributed by atoms with Crippen molar-refractivity contribution in [2.45, 2.75) is 19.8 Å². The van der Waals surface area contributed by atoms with E-state index in [4.69, 9.17) is 9.26 Å². The first-order valence-electron chi connectivity index (χ1n) is 8.24. The van der Waals surface area contributed by atoms with E-state index in [9.17, 15) is 0 Å². The Morgan fingerprint density at radius 3 is 2.52 bits per heavy atom. The van der Waals surface area contributed by atoms with Gasteiger partial charge in [-0.25, -0.2) is 0 Å². The molecule has 0 atom stereocenters. The topological polar surface area (TPSA) is 77.2 Å². The standard InChI is InChI=1S/C18H21N5O2/c1-4-5-12-23(2)16-11-10-15(20-21-16)18-19-17(22-25-18)13-6-8-14(24-3)9-7-13/h6-11H,4-5,12H2,1-3H3. The van der Waals surface area contributed by atoms with Gasteiger partial charge in [0.15, 0.2) is 11.5 Å². The van der Waals surface area contributed by atoms with E-state index in [1.54, 1.807) is 7.11 Å². The molecule has 2 aromatic heterocycles. The second kappa shape index (κ2) is 7.74. The van der Waals surface area contributed by atoms with Crippen LogP contribution in [0.4, 0.5) is 5.82 Å². The van der Waals surface area contributed by atoms with E-state index < -0.39 is 0 Å². The van der Waals surface area contributed by atoms with Gasteiger partial charge in [-0.15, -0.1) is 10.2 Å². The number of nitrogens with zero attached hydrogens (tertiary/aromatic N) is 5. The summed E-state index contributed by atoms with van der Waals surface area (Å²) in [5.41, 5.74) is 1.40. The first-order chi connectivity index (χ1) is 12.2. The highest BCUT2D eigenvalue weighted by Crippen LogP contribution is 2.23. The summed E-state index contributed by atoms with van der Waals surface area (Å²) in [6.07, 6.45) is 2.26. The molecule has 7 nitrogen and oxygen atoms in total. The van der Waals surface area contributed by atoms with Gasteiger partial charge in [-0.2, -0.15) is 4.98 Å². The maximum absolute atomic E-state index is 5.32. The molecule has 0 bridgehead atoms. The van der Waals surface area contributed by atoms with Gasteiger partial charge in [0, 0.05) is 19.2 Å². The summed E-state index contributed by atoms with van der Waals surface area (Å²) < 4.78 is 10.5. The summed E-state index contributed by atoms with van der Waals surface area (Å²) in [4.78, 5) is 6.48. The average Bonchev–Trinajstić information content (AvgIpc) is 3.16. The fourth-order valence-electron chi connectivity index (χ4n) is 2.34. The van der Waals surface area contributed by atoms with Crippen LogP contribution in [0.1, 0.15) is 19.8 Å². The van der Waals surface area contributed by atoms with Crippen LogP contribution < -0.4 is 9.64 Å². The molecule has 0 amide bonds. The second-order valence-corrected chi connectivity index (χ2v) is 5.70. The number of hydrogen-bond donors (Lipinski definition) is 0. The van der Waals surface area contributed by atoms with Gasteiger partial charge in [-0.05, 0) is 42.8 Å². The first kappa shape index (κ1) is 16.9. The van der Waals surface area contributed by atoms with E-state index in [2.05, 4.69) is 32.2 Å². The monoisotopic (exact) mass is 339 g/mol. The highest BCUT2D eigenvalue weighted by atomic mass is 16.5. The van der Waals surface area contributed by atoms with Crippen LogP contribution in [0, 0.1) is 0 Å². The molecule has 3 rings (SSSR count). The Morgan fingerprint density at radius 1 is 1.08 bits per heavy atom. The summed E-state index contributed by atoms with van der Waals surface area (Å²) in [7, 11) is 3.64. The highest BCUT2D eigenvalue weighted by molar-refractivity contribution is 5.59. The van der Waals surface area contributed by atoms with Gasteiger partial charge in [0.1, 0.15) is 5.75 Å². The smallest absolute Gasteiger partial charge is 0.278 e. The zero-order chi connectivity index (χ0) is 17.6. The number of unbranched alkanes of at least 4 members (excludes halogenated alkanes) is 1. The Balaban J connectivity index is 1.75. The fourth-order valence-corrected chi connectivity index (χ4v) is 2.34. The summed E-state index contributed by atoms with van der Waals surface area (Å²) in [5, 5.41) is 12.5. The van der Waals surface area contributed by atoms with Crippen LogP contribution in [0.3, 0.4) is 0 Å². The van der Waals surface area contributed by atoms with Gasteiger partial charge < -0.3 is 14.2 Å². The van der Waals surface area contributed by atoms with Crippen LogP contribution >= 0.6 is 0 Å². The molecular formula is C18H21N5O2. The summed E-state index contributed by atoms with van der Waals surface area (Å²) >= 11 is 0. The highest BCUT2D eigenvalue weighted by Gasteiger charge is 2.13. The van der Waals surface area contributed by atoms with Crippen molar-refractivity contribution in [3.63, 3.8) is 0 Å². The van der Waals surface area contributed by atoms with Crippen LogP contribution in [0.2, 0.25) is 0 Å². The Morgan fingerprint density at radius 2 is 1.88 bits per heavy atom. The van der Waals surface area contributed by atoms with Crippen LogP contribution in [0.5, 0.6) is 5.75 Å². The van der Waals surface area contributed by atoms with E-state index in [1.807, 2.05) is 43.4 Å². The summed E-state index contributed by atoms with van der Waals surface area (Å²) in [6, 6.07) is 11.2. The predicted molar refractivity (Wildman–Crippen MR) is 95.5 cm³/mol. The average molecular weight is 339 g/mol. The number of ether oxygens (including phenoxy) is 1. The lowest BCUT2D eigenvalue weighted by Crippen LogP contribution is -2.19. The van der Waals surface area contributed by atoms with E-state index >= 15 is 0 Å². The Kier molecular flexibility index (Phi) is 5.23. The Labute approximate surface area is 146 Å². The molecule has 0 fully saturated rings. The van der Waals surface area contributed by atoms with E-state index in [-0.39, 0.29) is 0 Å². The normalized spacial score (nSPS) is 10.7. The van der Waals surface area contributed by atoms with Gasteiger partial charge in [-0.1, -0.05) is 18.5 Å². The quantitative estimate of drug-likeness (QED) is 0.652. The first-order valence-corrected chi connectivity index (χ1v) is 8.24. The predicted octanol–water partition coefficient (Wildman–Crippen LogP) is 3.44. The maximum atomic E-state index is 5.32. The zero-order valence-corrected chi connectivity index (χ0v) is 14.6. The molecule has 0 spiro atoms. The lowest BCUT2D eigenvalue weighted by molar-refractivity contribution is 0.414. The van der Waals surface area contributed by atoms with E-state index in [0.717, 1.165) is 36.5 Å². The van der Waals surface area contributed by atoms with Crippen molar-refractivity contribution < 1.29 is 9.26 Å². The molecule has 2 heterocycles.